The summed E-state index contributed by atoms with van der Waals surface area (Å²) in [6.07, 6.45) is -10.3. The van der Waals surface area contributed by atoms with Crippen LogP contribution < -0.4 is 10.6 Å². The molecular weight excluding hydrogens is 540 g/mol. The van der Waals surface area contributed by atoms with Crippen LogP contribution >= 0.6 is 0 Å². The van der Waals surface area contributed by atoms with Crippen molar-refractivity contribution in [2.75, 3.05) is 40.6 Å². The third kappa shape index (κ3) is 8.73. The first kappa shape index (κ1) is 34.7. The Morgan fingerprint density at radius 3 is 1.23 bits per heavy atom. The average molecular weight is 585 g/mol. The van der Waals surface area contributed by atoms with Gasteiger partial charge in [0.15, 0.2) is 12.2 Å². The van der Waals surface area contributed by atoms with Crippen molar-refractivity contribution >= 4 is 11.9 Å². The molecule has 2 aliphatic heterocycles. The summed E-state index contributed by atoms with van der Waals surface area (Å²) in [6, 6.07) is -3.04. The van der Waals surface area contributed by atoms with Crippen LogP contribution in [0.1, 0.15) is 25.7 Å². The van der Waals surface area contributed by atoms with Crippen LogP contribution in [0.4, 0.5) is 0 Å². The summed E-state index contributed by atoms with van der Waals surface area (Å²) in [5.41, 5.74) is 0. The highest BCUT2D eigenvalue weighted by molar-refractivity contribution is 5.85. The fourth-order valence-corrected chi connectivity index (χ4v) is 4.95. The summed E-state index contributed by atoms with van der Waals surface area (Å²) in [4.78, 5) is 24.9. The van der Waals surface area contributed by atoms with Gasteiger partial charge in [0, 0.05) is 25.3 Å². The lowest BCUT2D eigenvalue weighted by Crippen LogP contribution is -2.65. The molecule has 234 valence electrons. The minimum atomic E-state index is -1.51. The first-order chi connectivity index (χ1) is 19.0. The molecule has 16 nitrogen and oxygen atoms in total. The van der Waals surface area contributed by atoms with Crippen molar-refractivity contribution in [2.45, 2.75) is 98.7 Å². The van der Waals surface area contributed by atoms with Crippen LogP contribution in [0.25, 0.3) is 0 Å². The summed E-state index contributed by atoms with van der Waals surface area (Å²) in [6.45, 7) is -1.10. The van der Waals surface area contributed by atoms with E-state index in [-0.39, 0.29) is 38.9 Å². The van der Waals surface area contributed by atoms with Gasteiger partial charge in [-0.1, -0.05) is 0 Å². The Hall–Kier alpha value is -1.54. The maximum absolute atomic E-state index is 12.4. The van der Waals surface area contributed by atoms with Crippen LogP contribution in [0.2, 0.25) is 0 Å². The summed E-state index contributed by atoms with van der Waals surface area (Å²) in [7, 11) is 2.20. The Morgan fingerprint density at radius 1 is 0.600 bits per heavy atom. The molecule has 2 fully saturated rings. The topological polar surface area (TPSA) is 257 Å². The van der Waals surface area contributed by atoms with Gasteiger partial charge in [-0.15, -0.1) is 0 Å². The second-order valence-electron chi connectivity index (χ2n) is 9.98. The van der Waals surface area contributed by atoms with E-state index in [4.69, 9.17) is 18.9 Å². The normalized spacial score (nSPS) is 36.0. The molecule has 16 heteroatoms. The van der Waals surface area contributed by atoms with Gasteiger partial charge in [-0.3, -0.25) is 0 Å². The lowest BCUT2D eigenvalue weighted by atomic mass is 9.88. The van der Waals surface area contributed by atoms with Gasteiger partial charge in [-0.05, 0) is 25.7 Å². The minimum Gasteiger partial charge on any atom is -0.467 e. The molecule has 0 bridgehead atoms. The highest BCUT2D eigenvalue weighted by Gasteiger charge is 2.43. The number of methoxy groups -OCH3 is 2. The van der Waals surface area contributed by atoms with Gasteiger partial charge in [0.2, 0.25) is 0 Å². The Kier molecular flexibility index (Phi) is 14.5. The van der Waals surface area contributed by atoms with E-state index in [1.54, 1.807) is 0 Å². The van der Waals surface area contributed by atoms with Gasteiger partial charge < -0.3 is 70.4 Å². The Bertz CT molecular complexity index is 712. The monoisotopic (exact) mass is 584 g/mol. The highest BCUT2D eigenvalue weighted by Crippen LogP contribution is 2.21. The number of esters is 2. The summed E-state index contributed by atoms with van der Waals surface area (Å²) < 4.78 is 20.7. The summed E-state index contributed by atoms with van der Waals surface area (Å²) >= 11 is 0. The highest BCUT2D eigenvalue weighted by atomic mass is 16.6. The molecule has 2 saturated heterocycles. The Balaban J connectivity index is 1.92. The molecule has 2 rings (SSSR count). The van der Waals surface area contributed by atoms with Gasteiger partial charge in [0.05, 0.1) is 63.9 Å². The van der Waals surface area contributed by atoms with Crippen LogP contribution in [-0.4, -0.2) is 166 Å². The van der Waals surface area contributed by atoms with Gasteiger partial charge in [0.1, 0.15) is 12.2 Å². The van der Waals surface area contributed by atoms with E-state index >= 15 is 0 Å². The average Bonchev–Trinajstić information content (AvgIpc) is 2.96. The minimum absolute atomic E-state index is 0.0924. The molecule has 0 amide bonds. The molecule has 0 aromatic rings. The zero-order valence-corrected chi connectivity index (χ0v) is 22.6. The van der Waals surface area contributed by atoms with Crippen molar-refractivity contribution in [3.8, 4) is 0 Å². The molecule has 12 atom stereocenters. The molecule has 0 spiro atoms. The fourth-order valence-electron chi connectivity index (χ4n) is 4.95. The molecule has 10 N–H and O–H groups in total. The molecule has 0 unspecified atom stereocenters. The second-order valence-corrected chi connectivity index (χ2v) is 9.98. The lowest BCUT2D eigenvalue weighted by Gasteiger charge is -2.41. The molecule has 2 aliphatic rings. The van der Waals surface area contributed by atoms with E-state index in [1.165, 1.54) is 0 Å². The third-order valence-corrected chi connectivity index (χ3v) is 7.35. The number of rotatable bonds is 15. The molecule has 40 heavy (non-hydrogen) atoms. The van der Waals surface area contributed by atoms with E-state index in [0.717, 1.165) is 14.2 Å². The van der Waals surface area contributed by atoms with Crippen LogP contribution in [0.3, 0.4) is 0 Å². The van der Waals surface area contributed by atoms with E-state index < -0.39 is 98.2 Å². The quantitative estimate of drug-likeness (QED) is 0.0636. The molecule has 0 saturated carbocycles. The number of carbonyl (C=O) groups excluding carboxylic acids is 2. The summed E-state index contributed by atoms with van der Waals surface area (Å²) in [5, 5.41) is 84.8. The van der Waals surface area contributed by atoms with Crippen molar-refractivity contribution in [1.82, 2.24) is 10.6 Å². The number of hydrogen-bond donors (Lipinski definition) is 10. The Labute approximate surface area is 231 Å². The van der Waals surface area contributed by atoms with Crippen molar-refractivity contribution in [1.29, 1.82) is 0 Å². The molecule has 0 aromatic heterocycles. The number of aliphatic hydroxyl groups is 8. The molecule has 0 aliphatic carbocycles. The molecular formula is C24H44N2O14. The third-order valence-electron chi connectivity index (χ3n) is 7.35. The largest absolute Gasteiger partial charge is 0.467 e. The van der Waals surface area contributed by atoms with E-state index in [2.05, 4.69) is 10.6 Å². The van der Waals surface area contributed by atoms with Crippen LogP contribution in [0.5, 0.6) is 0 Å². The van der Waals surface area contributed by atoms with Crippen LogP contribution in [0.15, 0.2) is 0 Å². The van der Waals surface area contributed by atoms with Crippen LogP contribution in [0, 0.1) is 0 Å². The van der Waals surface area contributed by atoms with Crippen molar-refractivity contribution < 1.29 is 69.4 Å². The summed E-state index contributed by atoms with van der Waals surface area (Å²) in [5.74, 6) is -1.81. The van der Waals surface area contributed by atoms with Crippen molar-refractivity contribution in [3.63, 3.8) is 0 Å². The predicted octanol–water partition coefficient (Wildman–Crippen LogP) is -5.51. The zero-order valence-electron chi connectivity index (χ0n) is 22.6. The fraction of sp³-hybridized carbons (Fsp3) is 0.917. The maximum Gasteiger partial charge on any atom is 0.338 e. The molecule has 0 aromatic carbocycles. The number of ether oxygens (including phenoxy) is 4. The lowest BCUT2D eigenvalue weighted by molar-refractivity contribution is -0.181. The molecule has 2 heterocycles. The first-order valence-electron chi connectivity index (χ1n) is 13.2. The molecule has 0 radical (unpaired) electrons. The van der Waals surface area contributed by atoms with E-state index in [9.17, 15) is 50.4 Å². The first-order valence-corrected chi connectivity index (χ1v) is 13.2. The number of hydrogen-bond acceptors (Lipinski definition) is 16. The van der Waals surface area contributed by atoms with Gasteiger partial charge in [-0.2, -0.15) is 0 Å². The number of carbonyl (C=O) groups is 2. The Morgan fingerprint density at radius 2 is 0.925 bits per heavy atom. The zero-order chi connectivity index (χ0) is 30.0. The van der Waals surface area contributed by atoms with Gasteiger partial charge >= 0.3 is 11.9 Å². The number of piperidine rings is 2. The maximum atomic E-state index is 12.4. The SMILES string of the molecule is COC(=O)[C@H](OCCC[C@H]1N[C@H](CO)[C@@H](O)[C@H](O)[C@@H]1O)[C@@H](OCCC[C@H]1N[C@H](CO)[C@@H](O)[C@H](O)[C@@H]1O)C(=O)OC. The van der Waals surface area contributed by atoms with E-state index in [1.807, 2.05) is 0 Å². The van der Waals surface area contributed by atoms with Gasteiger partial charge in [0.25, 0.3) is 0 Å². The predicted molar refractivity (Wildman–Crippen MR) is 134 cm³/mol. The number of aliphatic hydroxyl groups excluding tert-OH is 8. The standard InChI is InChI=1S/C24H44N2O14/c1-37-23(35)21(39-7-3-5-11-15(29)19(33)17(31)13(9-27)25-11)22(24(36)38-2)40-8-4-6-12-16(30)20(34)18(32)14(10-28)26-12/h11-22,25-34H,3-10H2,1-2H3/t11-,12-,13-,14-,15-,16-,17-,18-,19-,20-,21-,22-/m1/s1. The van der Waals surface area contributed by atoms with Gasteiger partial charge in [-0.25, -0.2) is 9.59 Å². The second kappa shape index (κ2) is 16.8. The van der Waals surface area contributed by atoms with Crippen molar-refractivity contribution in [2.24, 2.45) is 0 Å². The van der Waals surface area contributed by atoms with E-state index in [0.29, 0.717) is 0 Å². The smallest absolute Gasteiger partial charge is 0.338 e. The van der Waals surface area contributed by atoms with Crippen LogP contribution in [-0.2, 0) is 28.5 Å². The van der Waals surface area contributed by atoms with Crippen molar-refractivity contribution in [3.05, 3.63) is 0 Å². The number of nitrogens with one attached hydrogen (secondary N) is 2.